The molecular weight excluding hydrogens is 332 g/mol. The summed E-state index contributed by atoms with van der Waals surface area (Å²) in [4.78, 5) is 17.0. The summed E-state index contributed by atoms with van der Waals surface area (Å²) in [5.41, 5.74) is 10.9. The van der Waals surface area contributed by atoms with Crippen molar-refractivity contribution in [2.75, 3.05) is 13.1 Å². The Morgan fingerprint density at radius 1 is 0.889 bits per heavy atom. The van der Waals surface area contributed by atoms with Crippen LogP contribution in [0.2, 0.25) is 0 Å². The third-order valence-electron chi connectivity index (χ3n) is 6.44. The number of likely N-dealkylation sites (tertiary alicyclic amines) is 1. The molecule has 2 aromatic rings. The van der Waals surface area contributed by atoms with Crippen molar-refractivity contribution >= 4 is 6.03 Å². The van der Waals surface area contributed by atoms with Crippen molar-refractivity contribution < 1.29 is 4.79 Å². The highest BCUT2D eigenvalue weighted by atomic mass is 16.2. The molecule has 1 saturated heterocycles. The molecule has 3 heteroatoms. The summed E-state index contributed by atoms with van der Waals surface area (Å²) in [6.07, 6.45) is 3.30. The highest BCUT2D eigenvalue weighted by Crippen LogP contribution is 2.39. The number of rotatable bonds is 2. The molecule has 2 amide bonds. The van der Waals surface area contributed by atoms with Gasteiger partial charge in [0.05, 0.1) is 0 Å². The van der Waals surface area contributed by atoms with E-state index >= 15 is 0 Å². The molecule has 0 N–H and O–H groups in total. The van der Waals surface area contributed by atoms with Gasteiger partial charge in [0.25, 0.3) is 0 Å². The van der Waals surface area contributed by atoms with E-state index in [-0.39, 0.29) is 6.03 Å². The zero-order valence-corrected chi connectivity index (χ0v) is 17.1. The number of aryl methyl sites for hydroxylation is 1. The van der Waals surface area contributed by atoms with Crippen molar-refractivity contribution in [2.45, 2.75) is 60.0 Å². The van der Waals surface area contributed by atoms with Gasteiger partial charge in [-0.1, -0.05) is 36.8 Å². The molecule has 3 nitrogen and oxygen atoms in total. The summed E-state index contributed by atoms with van der Waals surface area (Å²) in [5.74, 6) is 0. The van der Waals surface area contributed by atoms with Crippen LogP contribution in [0.15, 0.2) is 24.3 Å². The molecule has 142 valence electrons. The van der Waals surface area contributed by atoms with Crippen LogP contribution in [0.25, 0.3) is 11.1 Å². The van der Waals surface area contributed by atoms with E-state index in [1.54, 1.807) is 0 Å². The van der Waals surface area contributed by atoms with E-state index in [0.29, 0.717) is 0 Å². The van der Waals surface area contributed by atoms with Gasteiger partial charge in [-0.2, -0.15) is 0 Å². The molecule has 0 radical (unpaired) electrons. The van der Waals surface area contributed by atoms with Gasteiger partial charge < -0.3 is 9.80 Å². The van der Waals surface area contributed by atoms with E-state index in [4.69, 9.17) is 0 Å². The Morgan fingerprint density at radius 2 is 1.48 bits per heavy atom. The number of carbonyl (C=O) groups is 1. The van der Waals surface area contributed by atoms with Crippen molar-refractivity contribution in [3.8, 4) is 11.1 Å². The molecular formula is C24H30N2O. The number of fused-ring (bicyclic) bond motifs is 1. The van der Waals surface area contributed by atoms with E-state index in [1.807, 2.05) is 9.80 Å². The highest BCUT2D eigenvalue weighted by Gasteiger charge is 2.32. The Balaban J connectivity index is 1.76. The topological polar surface area (TPSA) is 23.6 Å². The number of amides is 2. The summed E-state index contributed by atoms with van der Waals surface area (Å²) in [7, 11) is 0. The van der Waals surface area contributed by atoms with Gasteiger partial charge in [-0.05, 0) is 79.0 Å². The van der Waals surface area contributed by atoms with Gasteiger partial charge in [0, 0.05) is 26.2 Å². The summed E-state index contributed by atoms with van der Waals surface area (Å²) in [6.45, 7) is 12.2. The number of benzene rings is 2. The van der Waals surface area contributed by atoms with E-state index < -0.39 is 0 Å². The Morgan fingerprint density at radius 3 is 2.07 bits per heavy atom. The molecule has 0 saturated carbocycles. The number of urea groups is 1. The Labute approximate surface area is 163 Å². The molecule has 2 aromatic carbocycles. The average molecular weight is 363 g/mol. The minimum atomic E-state index is 0.220. The number of hydrogen-bond acceptors (Lipinski definition) is 1. The molecule has 0 spiro atoms. The monoisotopic (exact) mass is 362 g/mol. The van der Waals surface area contributed by atoms with Gasteiger partial charge in [-0.3, -0.25) is 0 Å². The van der Waals surface area contributed by atoms with Crippen LogP contribution < -0.4 is 0 Å². The van der Waals surface area contributed by atoms with Crippen LogP contribution in [0.5, 0.6) is 0 Å². The molecule has 27 heavy (non-hydrogen) atoms. The van der Waals surface area contributed by atoms with Crippen LogP contribution in [-0.2, 0) is 19.5 Å². The quantitative estimate of drug-likeness (QED) is 0.704. The first-order valence-electron chi connectivity index (χ1n) is 10.3. The second-order valence-electron chi connectivity index (χ2n) is 8.11. The largest absolute Gasteiger partial charge is 0.325 e. The van der Waals surface area contributed by atoms with Crippen LogP contribution in [0, 0.1) is 20.8 Å². The van der Waals surface area contributed by atoms with Crippen molar-refractivity contribution in [3.63, 3.8) is 0 Å². The first-order chi connectivity index (χ1) is 13.0. The van der Waals surface area contributed by atoms with Crippen molar-refractivity contribution in [3.05, 3.63) is 57.6 Å². The van der Waals surface area contributed by atoms with Crippen LogP contribution in [-0.4, -0.2) is 28.9 Å². The minimum Gasteiger partial charge on any atom is -0.325 e. The van der Waals surface area contributed by atoms with Gasteiger partial charge in [-0.15, -0.1) is 0 Å². The maximum atomic E-state index is 12.9. The average Bonchev–Trinajstić information content (AvgIpc) is 3.35. The lowest BCUT2D eigenvalue weighted by Gasteiger charge is -2.23. The molecule has 2 aliphatic heterocycles. The second kappa shape index (κ2) is 7.03. The Hall–Kier alpha value is -2.29. The lowest BCUT2D eigenvalue weighted by atomic mass is 9.84. The van der Waals surface area contributed by atoms with Gasteiger partial charge in [0.2, 0.25) is 0 Å². The van der Waals surface area contributed by atoms with Crippen molar-refractivity contribution in [2.24, 2.45) is 0 Å². The zero-order chi connectivity index (χ0) is 19.1. The molecule has 2 heterocycles. The Kier molecular flexibility index (Phi) is 4.71. The first kappa shape index (κ1) is 18.1. The lowest BCUT2D eigenvalue weighted by Crippen LogP contribution is -2.38. The SMILES string of the molecule is CCc1c(C)c2c(c(C)c1-c1ccc(C)cc1)CN(C(=O)N1CCCC1)C2. The predicted octanol–water partition coefficient (Wildman–Crippen LogP) is 5.37. The molecule has 0 bridgehead atoms. The molecule has 1 fully saturated rings. The number of carbonyl (C=O) groups excluding carboxylic acids is 1. The Bertz CT molecular complexity index is 876. The van der Waals surface area contributed by atoms with Gasteiger partial charge in [0.15, 0.2) is 0 Å². The molecule has 0 unspecified atom stereocenters. The smallest absolute Gasteiger partial charge is 0.320 e. The van der Waals surface area contributed by atoms with E-state index in [1.165, 1.54) is 44.5 Å². The summed E-state index contributed by atoms with van der Waals surface area (Å²) >= 11 is 0. The maximum Gasteiger partial charge on any atom is 0.320 e. The van der Waals surface area contributed by atoms with Crippen molar-refractivity contribution in [1.29, 1.82) is 0 Å². The van der Waals surface area contributed by atoms with Crippen LogP contribution in [0.4, 0.5) is 4.79 Å². The summed E-state index contributed by atoms with van der Waals surface area (Å²) < 4.78 is 0. The normalized spacial score (nSPS) is 16.1. The van der Waals surface area contributed by atoms with Gasteiger partial charge >= 0.3 is 6.03 Å². The van der Waals surface area contributed by atoms with E-state index in [9.17, 15) is 4.79 Å². The minimum absolute atomic E-state index is 0.220. The van der Waals surface area contributed by atoms with E-state index in [2.05, 4.69) is 52.0 Å². The number of nitrogens with zero attached hydrogens (tertiary/aromatic N) is 2. The molecule has 2 aliphatic rings. The standard InChI is InChI=1S/C24H30N2O/c1-5-20-17(3)21-14-26(24(27)25-12-6-7-13-25)15-22(21)18(4)23(20)19-10-8-16(2)9-11-19/h8-11H,5-7,12-15H2,1-4H3. The second-order valence-corrected chi connectivity index (χ2v) is 8.11. The molecule has 0 aromatic heterocycles. The maximum absolute atomic E-state index is 12.9. The van der Waals surface area contributed by atoms with Gasteiger partial charge in [0.1, 0.15) is 0 Å². The third kappa shape index (κ3) is 3.03. The van der Waals surface area contributed by atoms with Crippen LogP contribution >= 0.6 is 0 Å². The predicted molar refractivity (Wildman–Crippen MR) is 111 cm³/mol. The van der Waals surface area contributed by atoms with Crippen LogP contribution in [0.1, 0.15) is 53.1 Å². The lowest BCUT2D eigenvalue weighted by molar-refractivity contribution is 0.162. The van der Waals surface area contributed by atoms with Crippen LogP contribution in [0.3, 0.4) is 0 Å². The fourth-order valence-corrected chi connectivity index (χ4v) is 4.86. The number of hydrogen-bond donors (Lipinski definition) is 0. The molecule has 0 aliphatic carbocycles. The fraction of sp³-hybridized carbons (Fsp3) is 0.458. The highest BCUT2D eigenvalue weighted by molar-refractivity contribution is 5.79. The summed E-state index contributed by atoms with van der Waals surface area (Å²) in [6, 6.07) is 9.09. The molecule has 0 atom stereocenters. The first-order valence-corrected chi connectivity index (χ1v) is 10.3. The fourth-order valence-electron chi connectivity index (χ4n) is 4.86. The van der Waals surface area contributed by atoms with Crippen molar-refractivity contribution in [1.82, 2.24) is 9.80 Å². The van der Waals surface area contributed by atoms with E-state index in [0.717, 1.165) is 45.4 Å². The third-order valence-corrected chi connectivity index (χ3v) is 6.44. The molecule has 4 rings (SSSR count). The zero-order valence-electron chi connectivity index (χ0n) is 17.1. The summed E-state index contributed by atoms with van der Waals surface area (Å²) in [5, 5.41) is 0. The van der Waals surface area contributed by atoms with Gasteiger partial charge in [-0.25, -0.2) is 4.79 Å².